The van der Waals surface area contributed by atoms with Crippen molar-refractivity contribution in [3.8, 4) is 0 Å². The molecule has 2 aromatic rings. The van der Waals surface area contributed by atoms with Gasteiger partial charge in [-0.1, -0.05) is 29.8 Å². The number of thiophene rings is 1. The predicted octanol–water partition coefficient (Wildman–Crippen LogP) is 4.72. The van der Waals surface area contributed by atoms with Gasteiger partial charge in [0.25, 0.3) is 0 Å². The number of esters is 1. The van der Waals surface area contributed by atoms with Gasteiger partial charge < -0.3 is 4.74 Å². The summed E-state index contributed by atoms with van der Waals surface area (Å²) in [4.78, 5) is 26.1. The maximum atomic E-state index is 12.7. The monoisotopic (exact) mass is 360 g/mol. The summed E-state index contributed by atoms with van der Waals surface area (Å²) in [6, 6.07) is 11.3. The van der Waals surface area contributed by atoms with Gasteiger partial charge in [0.05, 0.1) is 6.61 Å². The molecule has 2 unspecified atom stereocenters. The number of benzene rings is 1. The topological polar surface area (TPSA) is 43.4 Å². The highest BCUT2D eigenvalue weighted by molar-refractivity contribution is 7.11. The summed E-state index contributed by atoms with van der Waals surface area (Å²) in [5.74, 6) is -1.74. The number of halogens is 1. The Labute approximate surface area is 149 Å². The summed E-state index contributed by atoms with van der Waals surface area (Å²) in [5, 5.41) is 2.57. The van der Waals surface area contributed by atoms with E-state index >= 15 is 0 Å². The van der Waals surface area contributed by atoms with Gasteiger partial charge in [0.2, 0.25) is 0 Å². The average molecular weight is 361 g/mol. The number of hydrogen-bond donors (Lipinski definition) is 0. The first-order valence-electron chi connectivity index (χ1n) is 7.80. The van der Waals surface area contributed by atoms with Crippen LogP contribution in [-0.4, -0.2) is 18.4 Å². The Kier molecular flexibility index (Phi) is 5.17. The zero-order valence-corrected chi connectivity index (χ0v) is 14.8. The number of carbonyl (C=O) groups excluding carboxylic acids is 2. The SMILES string of the molecule is CCOC(=O)C1C(=O)C=C(c2cccs2)CC1c1cccc(Cl)c1. The third kappa shape index (κ3) is 3.45. The first-order chi connectivity index (χ1) is 11.6. The summed E-state index contributed by atoms with van der Waals surface area (Å²) in [6.07, 6.45) is 2.20. The van der Waals surface area contributed by atoms with Gasteiger partial charge in [-0.25, -0.2) is 0 Å². The molecule has 0 radical (unpaired) electrons. The fraction of sp³-hybridized carbons (Fsp3) is 0.263. The molecule has 24 heavy (non-hydrogen) atoms. The Morgan fingerprint density at radius 2 is 2.17 bits per heavy atom. The third-order valence-corrected chi connectivity index (χ3v) is 5.30. The van der Waals surface area contributed by atoms with Gasteiger partial charge in [-0.05, 0) is 54.1 Å². The molecule has 0 amide bonds. The zero-order valence-electron chi connectivity index (χ0n) is 13.2. The summed E-state index contributed by atoms with van der Waals surface area (Å²) in [5.41, 5.74) is 1.84. The largest absolute Gasteiger partial charge is 0.465 e. The van der Waals surface area contributed by atoms with Crippen LogP contribution in [0.25, 0.3) is 5.57 Å². The minimum absolute atomic E-state index is 0.201. The van der Waals surface area contributed by atoms with Gasteiger partial charge in [0, 0.05) is 15.8 Å². The zero-order chi connectivity index (χ0) is 17.1. The molecule has 2 atom stereocenters. The van der Waals surface area contributed by atoms with E-state index in [0.717, 1.165) is 16.0 Å². The third-order valence-electron chi connectivity index (χ3n) is 4.12. The van der Waals surface area contributed by atoms with Gasteiger partial charge in [-0.2, -0.15) is 0 Å². The molecule has 124 valence electrons. The normalized spacial score (nSPS) is 20.6. The molecule has 1 aliphatic carbocycles. The number of carbonyl (C=O) groups is 2. The molecule has 0 spiro atoms. The molecule has 3 rings (SSSR count). The molecular weight excluding hydrogens is 344 g/mol. The number of ketones is 1. The number of allylic oxidation sites excluding steroid dienone is 2. The Morgan fingerprint density at radius 3 is 2.83 bits per heavy atom. The van der Waals surface area contributed by atoms with Gasteiger partial charge in [-0.3, -0.25) is 9.59 Å². The molecule has 0 aliphatic heterocycles. The standard InChI is InChI=1S/C19H17ClO3S/c1-2-23-19(22)18-15(12-5-3-6-14(20)9-12)10-13(11-16(18)21)17-7-4-8-24-17/h3-9,11,15,18H,2,10H2,1H3. The highest BCUT2D eigenvalue weighted by Crippen LogP contribution is 2.41. The molecule has 5 heteroatoms. The summed E-state index contributed by atoms with van der Waals surface area (Å²) in [7, 11) is 0. The van der Waals surface area contributed by atoms with Crippen LogP contribution in [0.2, 0.25) is 5.02 Å². The van der Waals surface area contributed by atoms with E-state index in [-0.39, 0.29) is 18.3 Å². The maximum absolute atomic E-state index is 12.7. The predicted molar refractivity (Wildman–Crippen MR) is 96.2 cm³/mol. The fourth-order valence-corrected chi connectivity index (χ4v) is 4.02. The van der Waals surface area contributed by atoms with Crippen LogP contribution in [0.5, 0.6) is 0 Å². The van der Waals surface area contributed by atoms with Crippen molar-refractivity contribution >= 4 is 40.3 Å². The van der Waals surface area contributed by atoms with Crippen molar-refractivity contribution < 1.29 is 14.3 Å². The van der Waals surface area contributed by atoms with E-state index in [0.29, 0.717) is 11.4 Å². The van der Waals surface area contributed by atoms with Gasteiger partial charge in [-0.15, -0.1) is 11.3 Å². The lowest BCUT2D eigenvalue weighted by Gasteiger charge is -2.29. The van der Waals surface area contributed by atoms with Crippen molar-refractivity contribution in [3.05, 3.63) is 63.3 Å². The second kappa shape index (κ2) is 7.32. The Hall–Kier alpha value is -1.91. The van der Waals surface area contributed by atoms with Crippen molar-refractivity contribution in [3.63, 3.8) is 0 Å². The van der Waals surface area contributed by atoms with E-state index in [9.17, 15) is 9.59 Å². The quantitative estimate of drug-likeness (QED) is 0.585. The molecule has 0 fully saturated rings. The van der Waals surface area contributed by atoms with Crippen LogP contribution < -0.4 is 0 Å². The average Bonchev–Trinajstić information content (AvgIpc) is 3.08. The number of rotatable bonds is 4. The molecule has 0 bridgehead atoms. The molecule has 1 aromatic heterocycles. The second-order valence-electron chi connectivity index (χ2n) is 5.64. The van der Waals surface area contributed by atoms with Crippen LogP contribution in [0, 0.1) is 5.92 Å². The van der Waals surface area contributed by atoms with Crippen molar-refractivity contribution in [2.24, 2.45) is 5.92 Å². The highest BCUT2D eigenvalue weighted by atomic mass is 35.5. The lowest BCUT2D eigenvalue weighted by Crippen LogP contribution is -2.33. The van der Waals surface area contributed by atoms with Crippen LogP contribution in [-0.2, 0) is 14.3 Å². The summed E-state index contributed by atoms with van der Waals surface area (Å²) in [6.45, 7) is 2.00. The second-order valence-corrected chi connectivity index (χ2v) is 7.03. The van der Waals surface area contributed by atoms with Crippen molar-refractivity contribution in [2.45, 2.75) is 19.3 Å². The molecule has 3 nitrogen and oxygen atoms in total. The van der Waals surface area contributed by atoms with Crippen molar-refractivity contribution in [1.82, 2.24) is 0 Å². The Bertz CT molecular complexity index is 780. The lowest BCUT2D eigenvalue weighted by molar-refractivity contribution is -0.151. The number of hydrogen-bond acceptors (Lipinski definition) is 4. The van der Waals surface area contributed by atoms with E-state index < -0.39 is 11.9 Å². The highest BCUT2D eigenvalue weighted by Gasteiger charge is 2.39. The van der Waals surface area contributed by atoms with Crippen LogP contribution in [0.4, 0.5) is 0 Å². The molecule has 1 aromatic carbocycles. The van der Waals surface area contributed by atoms with E-state index in [4.69, 9.17) is 16.3 Å². The van der Waals surface area contributed by atoms with Crippen LogP contribution in [0.1, 0.15) is 29.7 Å². The van der Waals surface area contributed by atoms with Crippen molar-refractivity contribution in [1.29, 1.82) is 0 Å². The molecular formula is C19H17ClO3S. The van der Waals surface area contributed by atoms with E-state index in [2.05, 4.69) is 0 Å². The maximum Gasteiger partial charge on any atom is 0.317 e. The summed E-state index contributed by atoms with van der Waals surface area (Å²) >= 11 is 7.70. The molecule has 1 heterocycles. The van der Waals surface area contributed by atoms with Gasteiger partial charge >= 0.3 is 5.97 Å². The van der Waals surface area contributed by atoms with Crippen molar-refractivity contribution in [2.75, 3.05) is 6.61 Å². The smallest absolute Gasteiger partial charge is 0.317 e. The van der Waals surface area contributed by atoms with Crippen LogP contribution >= 0.6 is 22.9 Å². The first kappa shape index (κ1) is 16.9. The van der Waals surface area contributed by atoms with Crippen LogP contribution in [0.3, 0.4) is 0 Å². The van der Waals surface area contributed by atoms with Crippen LogP contribution in [0.15, 0.2) is 47.9 Å². The molecule has 0 saturated heterocycles. The minimum Gasteiger partial charge on any atom is -0.465 e. The van der Waals surface area contributed by atoms with E-state index in [1.54, 1.807) is 30.4 Å². The molecule has 1 aliphatic rings. The minimum atomic E-state index is -0.813. The fourth-order valence-electron chi connectivity index (χ4n) is 3.07. The molecule has 0 saturated carbocycles. The number of ether oxygens (including phenoxy) is 1. The Balaban J connectivity index is 2.02. The lowest BCUT2D eigenvalue weighted by atomic mass is 9.74. The van der Waals surface area contributed by atoms with E-state index in [1.807, 2.05) is 35.7 Å². The van der Waals surface area contributed by atoms with Gasteiger partial charge in [0.1, 0.15) is 5.92 Å². The molecule has 0 N–H and O–H groups in total. The van der Waals surface area contributed by atoms with Gasteiger partial charge in [0.15, 0.2) is 5.78 Å². The Morgan fingerprint density at radius 1 is 1.33 bits per heavy atom. The first-order valence-corrected chi connectivity index (χ1v) is 9.06. The summed E-state index contributed by atoms with van der Waals surface area (Å²) < 4.78 is 5.14. The van der Waals surface area contributed by atoms with E-state index in [1.165, 1.54) is 0 Å².